The van der Waals surface area contributed by atoms with Crippen molar-refractivity contribution < 1.29 is 4.74 Å². The van der Waals surface area contributed by atoms with Crippen LogP contribution in [0.3, 0.4) is 0 Å². The lowest BCUT2D eigenvalue weighted by atomic mass is 10.2. The van der Waals surface area contributed by atoms with Crippen LogP contribution in [0, 0.1) is 0 Å². The molecule has 0 atom stereocenters. The summed E-state index contributed by atoms with van der Waals surface area (Å²) in [5, 5.41) is 0.638. The zero-order chi connectivity index (χ0) is 13.3. The average molecular weight is 331 g/mol. The fourth-order valence-electron chi connectivity index (χ4n) is 1.82. The maximum Gasteiger partial charge on any atom is 0.145 e. The van der Waals surface area contributed by atoms with Crippen LogP contribution >= 0.6 is 27.5 Å². The van der Waals surface area contributed by atoms with E-state index in [9.17, 15) is 0 Å². The number of hydrogen-bond donors (Lipinski definition) is 1. The Hall–Kier alpha value is -1.04. The third-order valence-corrected chi connectivity index (χ3v) is 3.63. The Morgan fingerprint density at radius 3 is 2.78 bits per heavy atom. The first-order valence-electron chi connectivity index (χ1n) is 5.33. The zero-order valence-electron chi connectivity index (χ0n) is 10.1. The number of imidazole rings is 1. The first-order valence-corrected chi connectivity index (χ1v) is 6.50. The van der Waals surface area contributed by atoms with E-state index in [1.54, 1.807) is 13.2 Å². The number of ether oxygens (including phenoxy) is 1. The highest BCUT2D eigenvalue weighted by Crippen LogP contribution is 2.33. The molecule has 1 aromatic heterocycles. The SMILES string of the molecule is COc1ccc(Cl)cc1-c1nc(Br)c(CN)n1C. The Balaban J connectivity index is 2.65. The molecule has 0 aliphatic rings. The van der Waals surface area contributed by atoms with Crippen LogP contribution in [0.25, 0.3) is 11.4 Å². The van der Waals surface area contributed by atoms with Gasteiger partial charge in [-0.1, -0.05) is 11.6 Å². The van der Waals surface area contributed by atoms with Gasteiger partial charge in [-0.15, -0.1) is 0 Å². The topological polar surface area (TPSA) is 53.1 Å². The van der Waals surface area contributed by atoms with Gasteiger partial charge in [-0.05, 0) is 34.1 Å². The summed E-state index contributed by atoms with van der Waals surface area (Å²) >= 11 is 9.43. The number of aromatic nitrogens is 2. The molecular weight excluding hydrogens is 318 g/mol. The van der Waals surface area contributed by atoms with Gasteiger partial charge < -0.3 is 15.0 Å². The van der Waals surface area contributed by atoms with Crippen molar-refractivity contribution in [2.24, 2.45) is 12.8 Å². The minimum absolute atomic E-state index is 0.410. The van der Waals surface area contributed by atoms with Crippen molar-refractivity contribution in [1.82, 2.24) is 9.55 Å². The molecule has 0 saturated carbocycles. The van der Waals surface area contributed by atoms with Crippen molar-refractivity contribution in [3.63, 3.8) is 0 Å². The normalized spacial score (nSPS) is 10.7. The number of halogens is 2. The van der Waals surface area contributed by atoms with Crippen LogP contribution in [0.2, 0.25) is 5.02 Å². The summed E-state index contributed by atoms with van der Waals surface area (Å²) in [5.41, 5.74) is 7.46. The molecule has 0 bridgehead atoms. The summed E-state index contributed by atoms with van der Waals surface area (Å²) in [6.45, 7) is 0.410. The van der Waals surface area contributed by atoms with Crippen molar-refractivity contribution >= 4 is 27.5 Å². The van der Waals surface area contributed by atoms with Crippen LogP contribution in [0.15, 0.2) is 22.8 Å². The van der Waals surface area contributed by atoms with Crippen molar-refractivity contribution in [2.75, 3.05) is 7.11 Å². The van der Waals surface area contributed by atoms with Gasteiger partial charge in [0.1, 0.15) is 16.2 Å². The summed E-state index contributed by atoms with van der Waals surface area (Å²) in [7, 11) is 3.53. The van der Waals surface area contributed by atoms with Crippen LogP contribution in [0.5, 0.6) is 5.75 Å². The zero-order valence-corrected chi connectivity index (χ0v) is 12.4. The smallest absolute Gasteiger partial charge is 0.145 e. The average Bonchev–Trinajstić information content (AvgIpc) is 2.64. The first-order chi connectivity index (χ1) is 8.58. The molecule has 2 rings (SSSR count). The fraction of sp³-hybridized carbons (Fsp3) is 0.250. The van der Waals surface area contributed by atoms with Gasteiger partial charge in [-0.25, -0.2) is 4.98 Å². The van der Waals surface area contributed by atoms with Gasteiger partial charge in [0.05, 0.1) is 18.4 Å². The maximum atomic E-state index is 6.03. The molecule has 96 valence electrons. The van der Waals surface area contributed by atoms with E-state index in [2.05, 4.69) is 20.9 Å². The second kappa shape index (κ2) is 5.30. The van der Waals surface area contributed by atoms with Gasteiger partial charge in [0.2, 0.25) is 0 Å². The molecule has 18 heavy (non-hydrogen) atoms. The van der Waals surface area contributed by atoms with E-state index < -0.39 is 0 Å². The molecule has 6 heteroatoms. The molecule has 0 fully saturated rings. The Labute approximate surface area is 119 Å². The van der Waals surface area contributed by atoms with Crippen molar-refractivity contribution in [2.45, 2.75) is 6.54 Å². The van der Waals surface area contributed by atoms with Crippen LogP contribution in [0.1, 0.15) is 5.69 Å². The molecule has 0 aliphatic carbocycles. The summed E-state index contributed by atoms with van der Waals surface area (Å²) in [4.78, 5) is 4.46. The van der Waals surface area contributed by atoms with Crippen molar-refractivity contribution in [3.8, 4) is 17.1 Å². The van der Waals surface area contributed by atoms with E-state index in [1.807, 2.05) is 23.7 Å². The molecule has 0 saturated heterocycles. The monoisotopic (exact) mass is 329 g/mol. The van der Waals surface area contributed by atoms with Gasteiger partial charge in [0.25, 0.3) is 0 Å². The second-order valence-corrected chi connectivity index (χ2v) is 4.97. The van der Waals surface area contributed by atoms with Gasteiger partial charge in [0.15, 0.2) is 0 Å². The molecule has 1 aromatic carbocycles. The Morgan fingerprint density at radius 2 is 2.22 bits per heavy atom. The van der Waals surface area contributed by atoms with E-state index in [4.69, 9.17) is 22.1 Å². The van der Waals surface area contributed by atoms with E-state index in [0.717, 1.165) is 27.4 Å². The van der Waals surface area contributed by atoms with Gasteiger partial charge in [0, 0.05) is 18.6 Å². The van der Waals surface area contributed by atoms with E-state index in [0.29, 0.717) is 11.6 Å². The van der Waals surface area contributed by atoms with Crippen LogP contribution < -0.4 is 10.5 Å². The molecular formula is C12H13BrClN3O. The molecule has 0 aliphatic heterocycles. The Morgan fingerprint density at radius 1 is 1.50 bits per heavy atom. The minimum atomic E-state index is 0.410. The van der Waals surface area contributed by atoms with Gasteiger partial charge in [-0.3, -0.25) is 0 Å². The molecule has 2 aromatic rings. The van der Waals surface area contributed by atoms with E-state index >= 15 is 0 Å². The number of nitrogens with zero attached hydrogens (tertiary/aromatic N) is 2. The highest BCUT2D eigenvalue weighted by Gasteiger charge is 2.16. The van der Waals surface area contributed by atoms with E-state index in [1.165, 1.54) is 0 Å². The minimum Gasteiger partial charge on any atom is -0.496 e. The number of hydrogen-bond acceptors (Lipinski definition) is 3. The standard InChI is InChI=1S/C12H13BrClN3O/c1-17-9(6-15)11(13)16-12(17)8-5-7(14)3-4-10(8)18-2/h3-5H,6,15H2,1-2H3. The van der Waals surface area contributed by atoms with Crippen LogP contribution in [-0.4, -0.2) is 16.7 Å². The predicted octanol–water partition coefficient (Wildman–Crippen LogP) is 2.97. The third-order valence-electron chi connectivity index (χ3n) is 2.76. The second-order valence-electron chi connectivity index (χ2n) is 3.78. The summed E-state index contributed by atoms with van der Waals surface area (Å²) in [6, 6.07) is 5.43. The summed E-state index contributed by atoms with van der Waals surface area (Å²) in [6.07, 6.45) is 0. The lowest BCUT2D eigenvalue weighted by molar-refractivity contribution is 0.416. The van der Waals surface area contributed by atoms with Crippen molar-refractivity contribution in [1.29, 1.82) is 0 Å². The number of rotatable bonds is 3. The molecule has 4 nitrogen and oxygen atoms in total. The first kappa shape index (κ1) is 13.4. The molecule has 0 amide bonds. The quantitative estimate of drug-likeness (QED) is 0.941. The largest absolute Gasteiger partial charge is 0.496 e. The fourth-order valence-corrected chi connectivity index (χ4v) is 2.58. The molecule has 0 spiro atoms. The number of methoxy groups -OCH3 is 1. The predicted molar refractivity (Wildman–Crippen MR) is 75.8 cm³/mol. The lowest BCUT2D eigenvalue weighted by Gasteiger charge is -2.09. The Bertz CT molecular complexity index is 583. The third kappa shape index (κ3) is 2.25. The Kier molecular flexibility index (Phi) is 3.94. The molecule has 0 unspecified atom stereocenters. The maximum absolute atomic E-state index is 6.03. The molecule has 0 radical (unpaired) electrons. The molecule has 2 N–H and O–H groups in total. The summed E-state index contributed by atoms with van der Waals surface area (Å²) in [5.74, 6) is 1.49. The van der Waals surface area contributed by atoms with Crippen LogP contribution in [-0.2, 0) is 13.6 Å². The van der Waals surface area contributed by atoms with E-state index in [-0.39, 0.29) is 0 Å². The van der Waals surface area contributed by atoms with Crippen molar-refractivity contribution in [3.05, 3.63) is 33.5 Å². The van der Waals surface area contributed by atoms with Gasteiger partial charge in [-0.2, -0.15) is 0 Å². The van der Waals surface area contributed by atoms with Gasteiger partial charge >= 0.3 is 0 Å². The summed E-state index contributed by atoms with van der Waals surface area (Å²) < 4.78 is 8.00. The molecule has 1 heterocycles. The number of benzene rings is 1. The highest BCUT2D eigenvalue weighted by molar-refractivity contribution is 9.10. The lowest BCUT2D eigenvalue weighted by Crippen LogP contribution is -2.05. The highest BCUT2D eigenvalue weighted by atomic mass is 79.9. The number of nitrogens with two attached hydrogens (primary N) is 1. The van der Waals surface area contributed by atoms with Crippen LogP contribution in [0.4, 0.5) is 0 Å².